The van der Waals surface area contributed by atoms with Crippen LogP contribution in [0.15, 0.2) is 18.3 Å². The number of rotatable bonds is 3. The second-order valence-electron chi connectivity index (χ2n) is 2.72. The summed E-state index contributed by atoms with van der Waals surface area (Å²) in [5, 5.41) is 7.73. The van der Waals surface area contributed by atoms with E-state index in [1.54, 1.807) is 10.9 Å². The lowest BCUT2D eigenvalue weighted by Gasteiger charge is -2.00. The highest BCUT2D eigenvalue weighted by atomic mass is 35.5. The molecule has 0 radical (unpaired) electrons. The molecule has 6 heteroatoms. The lowest BCUT2D eigenvalue weighted by Crippen LogP contribution is -2.03. The topological polar surface area (TPSA) is 30.7 Å². The first-order chi connectivity index (χ1) is 6.79. The van der Waals surface area contributed by atoms with Gasteiger partial charge in [-0.1, -0.05) is 16.8 Å². The fourth-order valence-electron chi connectivity index (χ4n) is 1.10. The molecule has 0 bridgehead atoms. The number of aromatic nitrogens is 3. The Labute approximate surface area is 95.3 Å². The van der Waals surface area contributed by atoms with Gasteiger partial charge in [-0.05, 0) is 12.1 Å². The third kappa shape index (κ3) is 2.08. The van der Waals surface area contributed by atoms with Crippen molar-refractivity contribution in [3.8, 4) is 0 Å². The van der Waals surface area contributed by atoms with Crippen molar-refractivity contribution in [3.05, 3.63) is 33.2 Å². The summed E-state index contributed by atoms with van der Waals surface area (Å²) < 4.78 is 2.56. The van der Waals surface area contributed by atoms with Gasteiger partial charge in [0.15, 0.2) is 0 Å². The minimum atomic E-state index is 0.423. The number of nitrogens with zero attached hydrogens (tertiary/aromatic N) is 3. The molecule has 0 unspecified atom stereocenters. The Morgan fingerprint density at radius 3 is 2.93 bits per heavy atom. The largest absolute Gasteiger partial charge is 0.243 e. The first-order valence-corrected chi connectivity index (χ1v) is 5.70. The molecule has 0 amide bonds. The quantitative estimate of drug-likeness (QED) is 0.782. The zero-order valence-corrected chi connectivity index (χ0v) is 9.48. The predicted molar refractivity (Wildman–Crippen MR) is 58.0 cm³/mol. The molecule has 0 saturated carbocycles. The van der Waals surface area contributed by atoms with E-state index < -0.39 is 0 Å². The van der Waals surface area contributed by atoms with Crippen LogP contribution < -0.4 is 0 Å². The maximum Gasteiger partial charge on any atom is 0.0931 e. The molecule has 14 heavy (non-hydrogen) atoms. The SMILES string of the molecule is ClCc1cnnn1Cc1ccc(Cl)s1. The molecule has 0 aliphatic rings. The van der Waals surface area contributed by atoms with E-state index in [9.17, 15) is 0 Å². The van der Waals surface area contributed by atoms with Crippen LogP contribution in [0.25, 0.3) is 0 Å². The van der Waals surface area contributed by atoms with Crippen LogP contribution in [0.4, 0.5) is 0 Å². The predicted octanol–water partition coefficient (Wildman–Crippen LogP) is 2.78. The molecule has 2 aromatic heterocycles. The Morgan fingerprint density at radius 2 is 2.29 bits per heavy atom. The third-order valence-corrected chi connectivity index (χ3v) is 3.26. The van der Waals surface area contributed by atoms with Gasteiger partial charge in [-0.3, -0.25) is 0 Å². The fourth-order valence-corrected chi connectivity index (χ4v) is 2.38. The summed E-state index contributed by atoms with van der Waals surface area (Å²) >= 11 is 13.1. The summed E-state index contributed by atoms with van der Waals surface area (Å²) in [5.41, 5.74) is 0.913. The maximum atomic E-state index is 5.82. The molecule has 3 nitrogen and oxygen atoms in total. The normalized spacial score (nSPS) is 10.7. The van der Waals surface area contributed by atoms with Crippen LogP contribution >= 0.6 is 34.5 Å². The van der Waals surface area contributed by atoms with E-state index in [1.807, 2.05) is 12.1 Å². The number of halogens is 2. The second kappa shape index (κ2) is 4.29. The number of hydrogen-bond acceptors (Lipinski definition) is 3. The van der Waals surface area contributed by atoms with Crippen LogP contribution in [-0.2, 0) is 12.4 Å². The van der Waals surface area contributed by atoms with Crippen molar-refractivity contribution in [2.45, 2.75) is 12.4 Å². The molecule has 2 heterocycles. The van der Waals surface area contributed by atoms with Crippen molar-refractivity contribution >= 4 is 34.5 Å². The van der Waals surface area contributed by atoms with E-state index >= 15 is 0 Å². The van der Waals surface area contributed by atoms with Gasteiger partial charge in [0.25, 0.3) is 0 Å². The van der Waals surface area contributed by atoms with Gasteiger partial charge in [0.05, 0.1) is 28.7 Å². The minimum Gasteiger partial charge on any atom is -0.243 e. The van der Waals surface area contributed by atoms with E-state index in [-0.39, 0.29) is 0 Å². The Hall–Kier alpha value is -0.580. The summed E-state index contributed by atoms with van der Waals surface area (Å²) in [7, 11) is 0. The monoisotopic (exact) mass is 247 g/mol. The van der Waals surface area contributed by atoms with E-state index in [2.05, 4.69) is 10.3 Å². The molecule has 0 N–H and O–H groups in total. The van der Waals surface area contributed by atoms with Crippen molar-refractivity contribution < 1.29 is 0 Å². The molecule has 74 valence electrons. The molecular formula is C8H7Cl2N3S. The summed E-state index contributed by atoms with van der Waals surface area (Å²) in [6, 6.07) is 3.85. The minimum absolute atomic E-state index is 0.423. The van der Waals surface area contributed by atoms with Gasteiger partial charge in [0.1, 0.15) is 0 Å². The van der Waals surface area contributed by atoms with Crippen molar-refractivity contribution in [3.63, 3.8) is 0 Å². The summed E-state index contributed by atoms with van der Waals surface area (Å²) in [4.78, 5) is 1.15. The molecule has 2 rings (SSSR count). The number of alkyl halides is 1. The lowest BCUT2D eigenvalue weighted by atomic mass is 10.4. The van der Waals surface area contributed by atoms with Crippen LogP contribution in [0.3, 0.4) is 0 Å². The Kier molecular flexibility index (Phi) is 3.05. The van der Waals surface area contributed by atoms with Crippen LogP contribution in [-0.4, -0.2) is 15.0 Å². The second-order valence-corrected chi connectivity index (χ2v) is 4.79. The maximum absolute atomic E-state index is 5.82. The van der Waals surface area contributed by atoms with E-state index in [4.69, 9.17) is 23.2 Å². The molecule has 0 saturated heterocycles. The van der Waals surface area contributed by atoms with Crippen molar-refractivity contribution in [2.24, 2.45) is 0 Å². The standard InChI is InChI=1S/C8H7Cl2N3S/c9-3-6-4-11-12-13(6)5-7-1-2-8(10)14-7/h1-2,4H,3,5H2. The molecule has 2 aromatic rings. The molecule has 0 aliphatic carbocycles. The van der Waals surface area contributed by atoms with Gasteiger partial charge in [-0.2, -0.15) is 0 Å². The van der Waals surface area contributed by atoms with Crippen LogP contribution in [0.5, 0.6) is 0 Å². The van der Waals surface area contributed by atoms with Crippen LogP contribution in [0.1, 0.15) is 10.6 Å². The first-order valence-electron chi connectivity index (χ1n) is 3.97. The molecule has 0 atom stereocenters. The van der Waals surface area contributed by atoms with Gasteiger partial charge in [0.2, 0.25) is 0 Å². The van der Waals surface area contributed by atoms with E-state index in [0.717, 1.165) is 14.9 Å². The van der Waals surface area contributed by atoms with E-state index in [1.165, 1.54) is 11.3 Å². The smallest absolute Gasteiger partial charge is 0.0931 e. The molecule has 0 aliphatic heterocycles. The molecule has 0 fully saturated rings. The average Bonchev–Trinajstić information content (AvgIpc) is 2.76. The Morgan fingerprint density at radius 1 is 1.43 bits per heavy atom. The van der Waals surface area contributed by atoms with Gasteiger partial charge in [-0.15, -0.1) is 28.0 Å². The third-order valence-electron chi connectivity index (χ3n) is 1.77. The number of thiophene rings is 1. The highest BCUT2D eigenvalue weighted by Crippen LogP contribution is 2.22. The highest BCUT2D eigenvalue weighted by Gasteiger charge is 2.04. The van der Waals surface area contributed by atoms with Crippen molar-refractivity contribution in [2.75, 3.05) is 0 Å². The summed E-state index contributed by atoms with van der Waals surface area (Å²) in [5.74, 6) is 0.423. The van der Waals surface area contributed by atoms with Gasteiger partial charge >= 0.3 is 0 Å². The Balaban J connectivity index is 2.18. The average molecular weight is 248 g/mol. The zero-order chi connectivity index (χ0) is 9.97. The molecule has 0 spiro atoms. The molecule has 0 aromatic carbocycles. The Bertz CT molecular complexity index is 424. The number of hydrogen-bond donors (Lipinski definition) is 0. The van der Waals surface area contributed by atoms with Crippen LogP contribution in [0, 0.1) is 0 Å². The summed E-state index contributed by atoms with van der Waals surface area (Å²) in [6.07, 6.45) is 1.67. The van der Waals surface area contributed by atoms with Gasteiger partial charge in [-0.25, -0.2) is 4.68 Å². The molecular weight excluding hydrogens is 241 g/mol. The first kappa shape index (κ1) is 9.96. The van der Waals surface area contributed by atoms with Crippen molar-refractivity contribution in [1.82, 2.24) is 15.0 Å². The van der Waals surface area contributed by atoms with Gasteiger partial charge < -0.3 is 0 Å². The zero-order valence-electron chi connectivity index (χ0n) is 7.15. The van der Waals surface area contributed by atoms with E-state index in [0.29, 0.717) is 12.4 Å². The highest BCUT2D eigenvalue weighted by molar-refractivity contribution is 7.16. The lowest BCUT2D eigenvalue weighted by molar-refractivity contribution is 0.636. The van der Waals surface area contributed by atoms with Gasteiger partial charge in [0, 0.05) is 4.88 Å². The summed E-state index contributed by atoms with van der Waals surface area (Å²) in [6.45, 7) is 0.680. The van der Waals surface area contributed by atoms with Crippen LogP contribution in [0.2, 0.25) is 4.34 Å². The van der Waals surface area contributed by atoms with Crippen molar-refractivity contribution in [1.29, 1.82) is 0 Å². The fraction of sp³-hybridized carbons (Fsp3) is 0.250.